The highest BCUT2D eigenvalue weighted by Crippen LogP contribution is 2.54. The third-order valence-electron chi connectivity index (χ3n) is 13.8. The van der Waals surface area contributed by atoms with E-state index in [-0.39, 0.29) is 11.3 Å². The summed E-state index contributed by atoms with van der Waals surface area (Å²) in [5, 5.41) is 2.38. The van der Waals surface area contributed by atoms with Crippen LogP contribution < -0.4 is 9.64 Å². The average Bonchev–Trinajstić information content (AvgIpc) is 3.67. The second kappa shape index (κ2) is 13.5. The molecule has 2 aliphatic heterocycles. The quantitative estimate of drug-likeness (QED) is 0.162. The second-order valence-corrected chi connectivity index (χ2v) is 18.3. The molecule has 0 aliphatic carbocycles. The fraction of sp³-hybridized carbons (Fsp3) is 0.236. The smallest absolute Gasteiger partial charge is 0.145 e. The molecule has 0 N–H and O–H groups in total. The van der Waals surface area contributed by atoms with Gasteiger partial charge in [0.2, 0.25) is 0 Å². The Morgan fingerprint density at radius 3 is 1.93 bits per heavy atom. The topological polar surface area (TPSA) is 42.6 Å². The van der Waals surface area contributed by atoms with Crippen molar-refractivity contribution in [3.8, 4) is 17.2 Å². The first kappa shape index (κ1) is 37.8. The molecule has 5 nitrogen and oxygen atoms in total. The summed E-state index contributed by atoms with van der Waals surface area (Å²) in [6, 6.07) is 50.5. The van der Waals surface area contributed by atoms with Crippen LogP contribution in [0.4, 0.5) is 5.69 Å². The minimum atomic E-state index is -0.582. The molecule has 2 aromatic heterocycles. The summed E-state index contributed by atoms with van der Waals surface area (Å²) in [5.74, 6) is 2.53. The van der Waals surface area contributed by atoms with Gasteiger partial charge in [0, 0.05) is 45.6 Å². The number of hydrogen-bond acceptors (Lipinski definition) is 4. The summed E-state index contributed by atoms with van der Waals surface area (Å²) in [6.07, 6.45) is 1.89. The lowest BCUT2D eigenvalue weighted by Crippen LogP contribution is -2.57. The van der Waals surface area contributed by atoms with E-state index in [1.807, 2.05) is 12.3 Å². The Balaban J connectivity index is 1.14. The molecule has 298 valence electrons. The van der Waals surface area contributed by atoms with Gasteiger partial charge in [0.05, 0.1) is 22.3 Å². The highest BCUT2D eigenvalue weighted by molar-refractivity contribution is 6.14. The summed E-state index contributed by atoms with van der Waals surface area (Å²) in [7, 11) is 0. The number of amidine groups is 1. The Kier molecular flexibility index (Phi) is 8.53. The van der Waals surface area contributed by atoms with Crippen molar-refractivity contribution >= 4 is 33.5 Å². The normalized spacial score (nSPS) is 17.6. The van der Waals surface area contributed by atoms with Gasteiger partial charge in [0.1, 0.15) is 23.0 Å². The molecule has 4 heterocycles. The molecule has 5 heteroatoms. The van der Waals surface area contributed by atoms with Crippen LogP contribution in [0.3, 0.4) is 0 Å². The maximum absolute atomic E-state index is 7.07. The Hall–Kier alpha value is -6.46. The fourth-order valence-electron chi connectivity index (χ4n) is 10.5. The van der Waals surface area contributed by atoms with Crippen LogP contribution in [0.15, 0.2) is 151 Å². The number of nitrogens with zero attached hydrogens (tertiary/aromatic N) is 4. The molecule has 2 aliphatic rings. The monoisotopic (exact) mass is 784 g/mol. The highest BCUT2D eigenvalue weighted by atomic mass is 16.5. The number of aromatic nitrogens is 2. The zero-order chi connectivity index (χ0) is 41.7. The number of rotatable bonds is 7. The van der Waals surface area contributed by atoms with Gasteiger partial charge in [0.15, 0.2) is 0 Å². The van der Waals surface area contributed by atoms with Gasteiger partial charge in [-0.25, -0.2) is 4.98 Å². The molecule has 60 heavy (non-hydrogen) atoms. The molecule has 0 bridgehead atoms. The zero-order valence-electron chi connectivity index (χ0n) is 36.1. The molecule has 0 unspecified atom stereocenters. The molecular weight excluding hydrogens is 733 g/mol. The van der Waals surface area contributed by atoms with E-state index in [0.29, 0.717) is 0 Å². The van der Waals surface area contributed by atoms with Crippen molar-refractivity contribution in [2.24, 2.45) is 4.99 Å². The first-order valence-corrected chi connectivity index (χ1v) is 21.2. The van der Waals surface area contributed by atoms with Gasteiger partial charge in [0.25, 0.3) is 0 Å². The van der Waals surface area contributed by atoms with Crippen molar-refractivity contribution in [2.45, 2.75) is 84.7 Å². The largest absolute Gasteiger partial charge is 0.457 e. The van der Waals surface area contributed by atoms with Crippen molar-refractivity contribution in [3.05, 3.63) is 196 Å². The van der Waals surface area contributed by atoms with Gasteiger partial charge in [-0.2, -0.15) is 0 Å². The maximum atomic E-state index is 7.07. The van der Waals surface area contributed by atoms with E-state index in [4.69, 9.17) is 14.7 Å². The molecule has 0 saturated heterocycles. The predicted molar refractivity (Wildman–Crippen MR) is 249 cm³/mol. The summed E-state index contributed by atoms with van der Waals surface area (Å²) < 4.78 is 9.42. The van der Waals surface area contributed by atoms with Gasteiger partial charge in [-0.15, -0.1) is 0 Å². The van der Waals surface area contributed by atoms with E-state index in [9.17, 15) is 0 Å². The van der Waals surface area contributed by atoms with Crippen molar-refractivity contribution < 1.29 is 4.74 Å². The lowest BCUT2D eigenvalue weighted by atomic mass is 9.67. The number of anilines is 1. The van der Waals surface area contributed by atoms with Crippen LogP contribution in [0, 0.1) is 27.7 Å². The molecule has 10 rings (SSSR count). The zero-order valence-corrected chi connectivity index (χ0v) is 36.1. The number of ether oxygens (including phenoxy) is 1. The SMILES string of the molecule is Cc1cc(Oc2cc3c(cc2C)C(C)(C)c2cccc4c5cccnc5n-3c24)cc(C2=N[C@](C)(C(c3ccccc3)c3ccccc3)C(C)(C)N2c2c(C)cccc2C)c1. The molecule has 0 amide bonds. The number of hydrogen-bond donors (Lipinski definition) is 0. The summed E-state index contributed by atoms with van der Waals surface area (Å²) in [5.41, 5.74) is 13.9. The van der Waals surface area contributed by atoms with Gasteiger partial charge < -0.3 is 9.64 Å². The maximum Gasteiger partial charge on any atom is 0.145 e. The predicted octanol–water partition coefficient (Wildman–Crippen LogP) is 13.5. The minimum absolute atomic E-state index is 0.0157. The first-order chi connectivity index (χ1) is 28.8. The van der Waals surface area contributed by atoms with Crippen LogP contribution in [-0.2, 0) is 5.41 Å². The summed E-state index contributed by atoms with van der Waals surface area (Å²) in [4.78, 5) is 13.4. The van der Waals surface area contributed by atoms with Gasteiger partial charge in [-0.05, 0) is 129 Å². The third-order valence-corrected chi connectivity index (χ3v) is 13.8. The molecule has 6 aromatic carbocycles. The number of fused-ring (bicyclic) bond motifs is 5. The molecule has 1 atom stereocenters. The van der Waals surface area contributed by atoms with Crippen LogP contribution >= 0.6 is 0 Å². The standard InChI is InChI=1S/C55H52N4O/c1-34-29-40(32-41(30-34)60-47-33-46-45(31-37(47)4)53(5,6)44-27-17-25-42-43-26-18-28-56-52(43)58(46)50(42)44)51-57-55(9,54(7,8)59(51)49-35(2)19-16-20-36(49)3)48(38-21-12-10-13-22-38)39-23-14-11-15-24-39/h10-33,48H,1-9H3/t55-/m1/s1. The average molecular weight is 785 g/mol. The molecule has 0 fully saturated rings. The van der Waals surface area contributed by atoms with Gasteiger partial charge in [-0.1, -0.05) is 111 Å². The number of para-hydroxylation sites is 2. The molecule has 8 aromatic rings. The summed E-state index contributed by atoms with van der Waals surface area (Å²) in [6.45, 7) is 20.5. The first-order valence-electron chi connectivity index (χ1n) is 21.2. The highest BCUT2D eigenvalue weighted by Gasteiger charge is 2.57. The minimum Gasteiger partial charge on any atom is -0.457 e. The number of aryl methyl sites for hydroxylation is 4. The Morgan fingerprint density at radius 1 is 0.600 bits per heavy atom. The van der Waals surface area contributed by atoms with E-state index < -0.39 is 11.1 Å². The van der Waals surface area contributed by atoms with Crippen molar-refractivity contribution in [1.82, 2.24) is 9.55 Å². The van der Waals surface area contributed by atoms with Gasteiger partial charge in [-0.3, -0.25) is 9.56 Å². The lowest BCUT2D eigenvalue weighted by Gasteiger charge is -2.48. The van der Waals surface area contributed by atoms with E-state index in [1.165, 1.54) is 50.0 Å². The van der Waals surface area contributed by atoms with Gasteiger partial charge >= 0.3 is 0 Å². The molecule has 0 saturated carbocycles. The van der Waals surface area contributed by atoms with E-state index in [0.717, 1.165) is 50.7 Å². The van der Waals surface area contributed by atoms with E-state index >= 15 is 0 Å². The van der Waals surface area contributed by atoms with Crippen LogP contribution in [0.5, 0.6) is 11.5 Å². The van der Waals surface area contributed by atoms with Crippen molar-refractivity contribution in [1.29, 1.82) is 0 Å². The van der Waals surface area contributed by atoms with E-state index in [2.05, 4.69) is 205 Å². The second-order valence-electron chi connectivity index (χ2n) is 18.3. The third kappa shape index (κ3) is 5.51. The van der Waals surface area contributed by atoms with Crippen LogP contribution in [0.25, 0.3) is 27.6 Å². The number of pyridine rings is 1. The molecular formula is C55H52N4O. The molecule has 0 radical (unpaired) electrons. The Morgan fingerprint density at radius 2 is 1.25 bits per heavy atom. The Bertz CT molecular complexity index is 2970. The van der Waals surface area contributed by atoms with Crippen LogP contribution in [0.1, 0.15) is 90.6 Å². The number of aliphatic imine (C=N–C) groups is 1. The fourth-order valence-corrected chi connectivity index (χ4v) is 10.5. The summed E-state index contributed by atoms with van der Waals surface area (Å²) >= 11 is 0. The Labute approximate surface area is 354 Å². The lowest BCUT2D eigenvalue weighted by molar-refractivity contribution is 0.279. The van der Waals surface area contributed by atoms with Crippen LogP contribution in [0.2, 0.25) is 0 Å². The number of benzene rings is 6. The van der Waals surface area contributed by atoms with Crippen LogP contribution in [-0.4, -0.2) is 26.5 Å². The molecule has 0 spiro atoms. The van der Waals surface area contributed by atoms with E-state index in [1.54, 1.807) is 0 Å². The van der Waals surface area contributed by atoms with Crippen molar-refractivity contribution in [2.75, 3.05) is 4.90 Å². The van der Waals surface area contributed by atoms with Crippen molar-refractivity contribution in [3.63, 3.8) is 0 Å².